The van der Waals surface area contributed by atoms with E-state index in [1.54, 1.807) is 0 Å². The number of aryl methyl sites for hydroxylation is 1. The van der Waals surface area contributed by atoms with Crippen molar-refractivity contribution in [3.8, 4) is 0 Å². The molecular formula is C26H35FN4O. The Hall–Kier alpha value is -2.50. The van der Waals surface area contributed by atoms with Gasteiger partial charge >= 0.3 is 0 Å². The van der Waals surface area contributed by atoms with E-state index in [1.165, 1.54) is 25.0 Å². The van der Waals surface area contributed by atoms with E-state index >= 15 is 0 Å². The summed E-state index contributed by atoms with van der Waals surface area (Å²) in [7, 11) is 0. The number of primary amides is 1. The highest BCUT2D eigenvalue weighted by molar-refractivity contribution is 5.95. The van der Waals surface area contributed by atoms with Gasteiger partial charge in [0, 0.05) is 17.9 Å². The molecule has 2 aromatic rings. The van der Waals surface area contributed by atoms with Crippen LogP contribution in [0.25, 0.3) is 0 Å². The number of nitrogens with zero attached hydrogens (tertiary/aromatic N) is 2. The summed E-state index contributed by atoms with van der Waals surface area (Å²) in [6.07, 6.45) is 10.1. The molecule has 2 aliphatic rings. The van der Waals surface area contributed by atoms with Gasteiger partial charge in [-0.2, -0.15) is 0 Å². The molecule has 2 saturated carbocycles. The van der Waals surface area contributed by atoms with Crippen molar-refractivity contribution in [1.29, 1.82) is 0 Å². The summed E-state index contributed by atoms with van der Waals surface area (Å²) in [6.45, 7) is 4.30. The van der Waals surface area contributed by atoms with Gasteiger partial charge in [-0.1, -0.05) is 38.8 Å². The van der Waals surface area contributed by atoms with Gasteiger partial charge in [-0.3, -0.25) is 4.79 Å². The van der Waals surface area contributed by atoms with Crippen molar-refractivity contribution in [2.45, 2.75) is 89.5 Å². The van der Waals surface area contributed by atoms with Crippen molar-refractivity contribution in [1.82, 2.24) is 9.97 Å². The highest BCUT2D eigenvalue weighted by Crippen LogP contribution is 2.44. The van der Waals surface area contributed by atoms with E-state index in [1.807, 2.05) is 19.1 Å². The molecule has 0 radical (unpaired) electrons. The number of hydrogen-bond donors (Lipinski definition) is 2. The molecule has 1 heterocycles. The Balaban J connectivity index is 1.70. The maximum absolute atomic E-state index is 13.6. The molecule has 2 fully saturated rings. The fourth-order valence-electron chi connectivity index (χ4n) is 5.62. The number of hydrogen-bond acceptors (Lipinski definition) is 4. The first-order valence-electron chi connectivity index (χ1n) is 12.1. The Bertz CT molecular complexity index is 945. The zero-order valence-electron chi connectivity index (χ0n) is 19.3. The van der Waals surface area contributed by atoms with Gasteiger partial charge in [-0.05, 0) is 68.6 Å². The minimum Gasteiger partial charge on any atom is -0.365 e. The number of halogens is 1. The first-order chi connectivity index (χ1) is 15.4. The average Bonchev–Trinajstić information content (AvgIpc) is 3.24. The number of amides is 1. The predicted octanol–water partition coefficient (Wildman–Crippen LogP) is 5.32. The van der Waals surface area contributed by atoms with Crippen LogP contribution in [-0.4, -0.2) is 21.9 Å². The molecule has 6 heteroatoms. The minimum atomic E-state index is -0.470. The maximum atomic E-state index is 13.6. The number of aromatic nitrogens is 2. The zero-order chi connectivity index (χ0) is 22.7. The Morgan fingerprint density at radius 2 is 1.72 bits per heavy atom. The molecule has 0 unspecified atom stereocenters. The number of rotatable bonds is 7. The summed E-state index contributed by atoms with van der Waals surface area (Å²) >= 11 is 0. The monoisotopic (exact) mass is 438 g/mol. The van der Waals surface area contributed by atoms with Crippen molar-refractivity contribution in [2.75, 3.05) is 5.32 Å². The Labute approximate surface area is 190 Å². The Morgan fingerprint density at radius 1 is 1.09 bits per heavy atom. The van der Waals surface area contributed by atoms with Crippen molar-refractivity contribution in [3.63, 3.8) is 0 Å². The smallest absolute Gasteiger partial charge is 0.252 e. The third kappa shape index (κ3) is 4.79. The summed E-state index contributed by atoms with van der Waals surface area (Å²) in [4.78, 5) is 22.0. The molecule has 0 saturated heterocycles. The molecule has 32 heavy (non-hydrogen) atoms. The zero-order valence-corrected chi connectivity index (χ0v) is 19.3. The second-order valence-corrected chi connectivity index (χ2v) is 9.81. The van der Waals surface area contributed by atoms with E-state index in [4.69, 9.17) is 15.7 Å². The van der Waals surface area contributed by atoms with E-state index in [0.29, 0.717) is 36.1 Å². The normalized spacial score (nSPS) is 22.6. The predicted molar refractivity (Wildman–Crippen MR) is 125 cm³/mol. The molecular weight excluding hydrogens is 403 g/mol. The lowest BCUT2D eigenvalue weighted by atomic mass is 9.74. The van der Waals surface area contributed by atoms with E-state index in [2.05, 4.69) is 12.2 Å². The van der Waals surface area contributed by atoms with E-state index in [9.17, 15) is 9.18 Å². The number of nitrogens with two attached hydrogens (primary N) is 1. The first kappa shape index (κ1) is 22.7. The summed E-state index contributed by atoms with van der Waals surface area (Å²) in [5.41, 5.74) is 8.68. The molecule has 5 nitrogen and oxygen atoms in total. The fourth-order valence-corrected chi connectivity index (χ4v) is 5.62. The fraction of sp³-hybridized carbons (Fsp3) is 0.577. The molecule has 0 aliphatic heterocycles. The molecule has 0 bridgehead atoms. The molecule has 1 aromatic carbocycles. The molecule has 0 atom stereocenters. The maximum Gasteiger partial charge on any atom is 0.252 e. The highest BCUT2D eigenvalue weighted by Gasteiger charge is 2.38. The lowest BCUT2D eigenvalue weighted by Gasteiger charge is -2.31. The van der Waals surface area contributed by atoms with E-state index < -0.39 is 5.91 Å². The van der Waals surface area contributed by atoms with E-state index in [-0.39, 0.29) is 11.2 Å². The van der Waals surface area contributed by atoms with Crippen LogP contribution in [0.4, 0.5) is 10.3 Å². The highest BCUT2D eigenvalue weighted by atomic mass is 19.1. The van der Waals surface area contributed by atoms with Crippen molar-refractivity contribution < 1.29 is 9.18 Å². The van der Waals surface area contributed by atoms with Gasteiger partial charge in [0.15, 0.2) is 0 Å². The summed E-state index contributed by atoms with van der Waals surface area (Å²) in [5, 5.41) is 3.54. The van der Waals surface area contributed by atoms with Crippen molar-refractivity contribution >= 4 is 11.9 Å². The molecule has 1 aromatic heterocycles. The second-order valence-electron chi connectivity index (χ2n) is 9.81. The van der Waals surface area contributed by atoms with Crippen LogP contribution >= 0.6 is 0 Å². The second kappa shape index (κ2) is 9.55. The van der Waals surface area contributed by atoms with E-state index in [0.717, 1.165) is 55.7 Å². The van der Waals surface area contributed by atoms with Crippen LogP contribution in [0, 0.1) is 11.7 Å². The first-order valence-corrected chi connectivity index (χ1v) is 12.1. The van der Waals surface area contributed by atoms with Gasteiger partial charge < -0.3 is 11.1 Å². The van der Waals surface area contributed by atoms with Crippen molar-refractivity contribution in [3.05, 3.63) is 52.6 Å². The molecule has 172 valence electrons. The largest absolute Gasteiger partial charge is 0.365 e. The Morgan fingerprint density at radius 3 is 2.31 bits per heavy atom. The topological polar surface area (TPSA) is 80.9 Å². The van der Waals surface area contributed by atoms with Crippen LogP contribution in [0.1, 0.15) is 92.5 Å². The number of anilines is 1. The summed E-state index contributed by atoms with van der Waals surface area (Å²) in [6, 6.07) is 7.18. The third-order valence-corrected chi connectivity index (χ3v) is 7.51. The van der Waals surface area contributed by atoms with Crippen LogP contribution in [0.15, 0.2) is 24.3 Å². The van der Waals surface area contributed by atoms with Crippen LogP contribution in [0.2, 0.25) is 0 Å². The standard InChI is InChI=1S/C26H35FN4O/c1-3-21-23(24(28)32)22(31-25(30-21)29-20-12-6-17(2)7-13-20)16-26(14-4-5-15-26)18-8-10-19(27)11-9-18/h8-11,17,20H,3-7,12-16H2,1-2H3,(H2,28,32)(H,29,30,31). The molecule has 3 N–H and O–H groups in total. The molecule has 4 rings (SSSR count). The molecule has 0 spiro atoms. The third-order valence-electron chi connectivity index (χ3n) is 7.51. The minimum absolute atomic E-state index is 0.158. The number of nitrogens with one attached hydrogen (secondary N) is 1. The lowest BCUT2D eigenvalue weighted by Crippen LogP contribution is -2.31. The molecule has 1 amide bonds. The van der Waals surface area contributed by atoms with Crippen LogP contribution in [0.3, 0.4) is 0 Å². The number of benzene rings is 1. The quantitative estimate of drug-likeness (QED) is 0.613. The van der Waals surface area contributed by atoms with Crippen LogP contribution in [-0.2, 0) is 18.3 Å². The average molecular weight is 439 g/mol. The lowest BCUT2D eigenvalue weighted by molar-refractivity contribution is 0.0997. The Kier molecular flexibility index (Phi) is 6.77. The summed E-state index contributed by atoms with van der Waals surface area (Å²) < 4.78 is 13.6. The van der Waals surface area contributed by atoms with Gasteiger partial charge in [0.2, 0.25) is 5.95 Å². The number of carbonyl (C=O) groups is 1. The van der Waals surface area contributed by atoms with Gasteiger partial charge in [0.05, 0.1) is 17.0 Å². The van der Waals surface area contributed by atoms with Gasteiger partial charge in [0.25, 0.3) is 5.91 Å². The SMILES string of the molecule is CCc1nc(NC2CCC(C)CC2)nc(CC2(c3ccc(F)cc3)CCCC2)c1C(N)=O. The van der Waals surface area contributed by atoms with Crippen LogP contribution < -0.4 is 11.1 Å². The van der Waals surface area contributed by atoms with Crippen molar-refractivity contribution in [2.24, 2.45) is 11.7 Å². The van der Waals surface area contributed by atoms with Gasteiger partial charge in [0.1, 0.15) is 5.82 Å². The van der Waals surface area contributed by atoms with Crippen LogP contribution in [0.5, 0.6) is 0 Å². The van der Waals surface area contributed by atoms with Gasteiger partial charge in [-0.15, -0.1) is 0 Å². The molecule has 2 aliphatic carbocycles. The van der Waals surface area contributed by atoms with Gasteiger partial charge in [-0.25, -0.2) is 14.4 Å². The number of carbonyl (C=O) groups excluding carboxylic acids is 1. The summed E-state index contributed by atoms with van der Waals surface area (Å²) in [5.74, 6) is 0.671.